The summed E-state index contributed by atoms with van der Waals surface area (Å²) in [6.07, 6.45) is 0.334. The van der Waals surface area contributed by atoms with Gasteiger partial charge in [0, 0.05) is 21.2 Å². The highest BCUT2D eigenvalue weighted by atomic mass is 35.5. The third kappa shape index (κ3) is 1.73. The van der Waals surface area contributed by atoms with Gasteiger partial charge in [0.2, 0.25) is 0 Å². The van der Waals surface area contributed by atoms with Crippen molar-refractivity contribution < 1.29 is 9.90 Å². The Hall–Kier alpha value is -0.710. The highest BCUT2D eigenvalue weighted by Crippen LogP contribution is 2.41. The number of nitrogens with two attached hydrogens (primary N) is 1. The van der Waals surface area contributed by atoms with Crippen LogP contribution in [0.2, 0.25) is 5.02 Å². The van der Waals surface area contributed by atoms with Crippen LogP contribution in [0.25, 0.3) is 0 Å². The van der Waals surface area contributed by atoms with Crippen LogP contribution in [0.1, 0.15) is 12.0 Å². The number of carbonyl (C=O) groups is 1. The molecule has 0 aliphatic carbocycles. The maximum Gasteiger partial charge on any atom is 0.254 e. The van der Waals surface area contributed by atoms with E-state index in [1.54, 1.807) is 30.0 Å². The highest BCUT2D eigenvalue weighted by molar-refractivity contribution is 7.99. The van der Waals surface area contributed by atoms with Gasteiger partial charge in [-0.25, -0.2) is 0 Å². The van der Waals surface area contributed by atoms with Gasteiger partial charge in [-0.05, 0) is 24.6 Å². The molecule has 15 heavy (non-hydrogen) atoms. The second-order valence-electron chi connectivity index (χ2n) is 3.46. The molecule has 0 saturated heterocycles. The predicted molar refractivity (Wildman–Crippen MR) is 59.9 cm³/mol. The predicted octanol–water partition coefficient (Wildman–Crippen LogP) is 1.51. The smallest absolute Gasteiger partial charge is 0.254 e. The number of hydrogen-bond acceptors (Lipinski definition) is 3. The van der Waals surface area contributed by atoms with E-state index in [0.29, 0.717) is 22.8 Å². The van der Waals surface area contributed by atoms with Crippen molar-refractivity contribution in [1.82, 2.24) is 0 Å². The van der Waals surface area contributed by atoms with Crippen LogP contribution in [-0.2, 0) is 10.4 Å². The fourth-order valence-corrected chi connectivity index (χ4v) is 2.99. The van der Waals surface area contributed by atoms with E-state index in [4.69, 9.17) is 17.3 Å². The van der Waals surface area contributed by atoms with Gasteiger partial charge in [0.15, 0.2) is 5.60 Å². The van der Waals surface area contributed by atoms with Gasteiger partial charge < -0.3 is 10.8 Å². The third-order valence-electron chi connectivity index (χ3n) is 2.52. The van der Waals surface area contributed by atoms with Crippen LogP contribution in [-0.4, -0.2) is 16.8 Å². The average Bonchev–Trinajstić information content (AvgIpc) is 2.19. The minimum Gasteiger partial charge on any atom is -0.375 e. The number of halogens is 1. The molecule has 1 aliphatic heterocycles. The molecular formula is C10H10ClNO2S. The Kier molecular flexibility index (Phi) is 2.66. The molecular weight excluding hydrogens is 234 g/mol. The quantitative estimate of drug-likeness (QED) is 0.786. The van der Waals surface area contributed by atoms with E-state index < -0.39 is 11.5 Å². The van der Waals surface area contributed by atoms with Gasteiger partial charge in [-0.1, -0.05) is 11.6 Å². The summed E-state index contributed by atoms with van der Waals surface area (Å²) in [5.41, 5.74) is 4.19. The van der Waals surface area contributed by atoms with Crippen LogP contribution in [0.4, 0.5) is 0 Å². The van der Waals surface area contributed by atoms with Crippen molar-refractivity contribution in [3.05, 3.63) is 28.8 Å². The Morgan fingerprint density at radius 1 is 1.60 bits per heavy atom. The van der Waals surface area contributed by atoms with Crippen molar-refractivity contribution in [3.63, 3.8) is 0 Å². The first-order valence-corrected chi connectivity index (χ1v) is 5.85. The molecule has 1 unspecified atom stereocenters. The summed E-state index contributed by atoms with van der Waals surface area (Å²) in [6, 6.07) is 5.14. The van der Waals surface area contributed by atoms with Crippen molar-refractivity contribution in [1.29, 1.82) is 0 Å². The molecule has 0 radical (unpaired) electrons. The molecule has 80 valence electrons. The molecule has 1 heterocycles. The topological polar surface area (TPSA) is 63.3 Å². The first-order valence-electron chi connectivity index (χ1n) is 4.49. The fourth-order valence-electron chi connectivity index (χ4n) is 1.65. The van der Waals surface area contributed by atoms with E-state index in [1.165, 1.54) is 0 Å². The zero-order valence-electron chi connectivity index (χ0n) is 7.87. The van der Waals surface area contributed by atoms with Crippen molar-refractivity contribution >= 4 is 29.3 Å². The number of rotatable bonds is 1. The van der Waals surface area contributed by atoms with Gasteiger partial charge in [0.05, 0.1) is 0 Å². The molecule has 3 nitrogen and oxygen atoms in total. The summed E-state index contributed by atoms with van der Waals surface area (Å²) in [6.45, 7) is 0. The Morgan fingerprint density at radius 3 is 3.00 bits per heavy atom. The number of thioether (sulfide) groups is 1. The molecule has 1 atom stereocenters. The molecule has 5 heteroatoms. The minimum atomic E-state index is -1.56. The number of fused-ring (bicyclic) bond motifs is 1. The van der Waals surface area contributed by atoms with Crippen molar-refractivity contribution in [2.45, 2.75) is 16.9 Å². The number of benzene rings is 1. The lowest BCUT2D eigenvalue weighted by atomic mass is 9.90. The van der Waals surface area contributed by atoms with Crippen molar-refractivity contribution in [2.75, 3.05) is 5.75 Å². The molecule has 2 rings (SSSR count). The zero-order chi connectivity index (χ0) is 11.1. The van der Waals surface area contributed by atoms with Crippen molar-refractivity contribution in [2.24, 2.45) is 5.73 Å². The highest BCUT2D eigenvalue weighted by Gasteiger charge is 2.40. The summed E-state index contributed by atoms with van der Waals surface area (Å²) < 4.78 is 0. The van der Waals surface area contributed by atoms with Crippen LogP contribution in [0, 0.1) is 0 Å². The Labute approximate surface area is 96.6 Å². The van der Waals surface area contributed by atoms with Crippen LogP contribution in [0.3, 0.4) is 0 Å². The molecule has 3 N–H and O–H groups in total. The Morgan fingerprint density at radius 2 is 2.33 bits per heavy atom. The summed E-state index contributed by atoms with van der Waals surface area (Å²) in [7, 11) is 0. The maximum atomic E-state index is 11.3. The van der Waals surface area contributed by atoms with E-state index in [0.717, 1.165) is 4.90 Å². The molecule has 1 aromatic carbocycles. The van der Waals surface area contributed by atoms with Crippen LogP contribution >= 0.6 is 23.4 Å². The van der Waals surface area contributed by atoms with Crippen LogP contribution < -0.4 is 5.73 Å². The second kappa shape index (κ2) is 3.70. The lowest BCUT2D eigenvalue weighted by molar-refractivity contribution is -0.137. The normalized spacial score (nSPS) is 24.7. The second-order valence-corrected chi connectivity index (χ2v) is 5.04. The number of amides is 1. The maximum absolute atomic E-state index is 11.3. The lowest BCUT2D eigenvalue weighted by Gasteiger charge is -2.31. The van der Waals surface area contributed by atoms with Crippen LogP contribution in [0.15, 0.2) is 23.1 Å². The molecule has 1 aliphatic rings. The largest absolute Gasteiger partial charge is 0.375 e. The van der Waals surface area contributed by atoms with Gasteiger partial charge in [0.1, 0.15) is 0 Å². The van der Waals surface area contributed by atoms with Crippen LogP contribution in [0.5, 0.6) is 0 Å². The van der Waals surface area contributed by atoms with Gasteiger partial charge in [-0.3, -0.25) is 4.79 Å². The SMILES string of the molecule is NC(=O)C1(O)CCSc2ccc(Cl)cc21. The third-order valence-corrected chi connectivity index (χ3v) is 3.83. The number of primary amides is 1. The standard InChI is InChI=1S/C10H10ClNO2S/c11-6-1-2-8-7(5-6)10(14,9(12)13)3-4-15-8/h1-2,5,14H,3-4H2,(H2,12,13). The molecule has 0 spiro atoms. The molecule has 1 amide bonds. The van der Waals surface area contributed by atoms with E-state index in [9.17, 15) is 9.90 Å². The number of hydrogen-bond donors (Lipinski definition) is 2. The number of aliphatic hydroxyl groups is 1. The summed E-state index contributed by atoms with van der Waals surface area (Å²) >= 11 is 7.43. The summed E-state index contributed by atoms with van der Waals surface area (Å²) in [4.78, 5) is 12.1. The fraction of sp³-hybridized carbons (Fsp3) is 0.300. The van der Waals surface area contributed by atoms with Gasteiger partial charge >= 0.3 is 0 Å². The first-order chi connectivity index (χ1) is 7.04. The Balaban J connectivity index is 2.59. The zero-order valence-corrected chi connectivity index (χ0v) is 9.44. The summed E-state index contributed by atoms with van der Waals surface area (Å²) in [5.74, 6) is -0.0417. The first kappa shape index (κ1) is 10.8. The van der Waals surface area contributed by atoms with E-state index in [-0.39, 0.29) is 0 Å². The van der Waals surface area contributed by atoms with Crippen molar-refractivity contribution in [3.8, 4) is 0 Å². The number of carbonyl (C=O) groups excluding carboxylic acids is 1. The summed E-state index contributed by atoms with van der Waals surface area (Å²) in [5, 5.41) is 10.7. The van der Waals surface area contributed by atoms with E-state index in [2.05, 4.69) is 0 Å². The molecule has 1 aromatic rings. The Bertz CT molecular complexity index is 424. The molecule has 0 bridgehead atoms. The monoisotopic (exact) mass is 243 g/mol. The lowest BCUT2D eigenvalue weighted by Crippen LogP contribution is -2.43. The molecule has 0 aromatic heterocycles. The average molecular weight is 244 g/mol. The van der Waals surface area contributed by atoms with E-state index >= 15 is 0 Å². The van der Waals surface area contributed by atoms with Gasteiger partial charge in [-0.2, -0.15) is 0 Å². The molecule has 0 fully saturated rings. The molecule has 0 saturated carbocycles. The van der Waals surface area contributed by atoms with Gasteiger partial charge in [-0.15, -0.1) is 11.8 Å². The van der Waals surface area contributed by atoms with E-state index in [1.807, 2.05) is 0 Å². The van der Waals surface area contributed by atoms with Gasteiger partial charge in [0.25, 0.3) is 5.91 Å². The minimum absolute atomic E-state index is 0.334.